The molecular formula is C23H31ClNO9P. The third-order valence-corrected chi connectivity index (χ3v) is 7.71. The maximum atomic E-state index is 11.9. The largest absolute Gasteiger partial charge is 0.492 e. The van der Waals surface area contributed by atoms with Crippen molar-refractivity contribution in [3.8, 4) is 5.75 Å². The van der Waals surface area contributed by atoms with E-state index in [0.29, 0.717) is 22.8 Å². The molecule has 0 unspecified atom stereocenters. The number of aliphatic hydroxyl groups excluding tert-OH is 4. The van der Waals surface area contributed by atoms with Gasteiger partial charge in [0.05, 0.1) is 6.61 Å². The standard InChI is InChI=1S/C23H31ClNO9P/c1-31-35(30,32-2)25-9-10-33-17-6-3-14(4-7-17)11-16-12-15(5-8-18(16)24)23-22(29)21(28)20(27)19(13-26)34-23/h3-8,12,19-23,26-29H,9-11,13H2,1-2H3,(H,25,30)/t19-,20-,21+,22-,23+/m1/s1. The molecular weight excluding hydrogens is 501 g/mol. The summed E-state index contributed by atoms with van der Waals surface area (Å²) in [5.74, 6) is 0.626. The van der Waals surface area contributed by atoms with Crippen LogP contribution < -0.4 is 9.82 Å². The van der Waals surface area contributed by atoms with E-state index in [4.69, 9.17) is 30.1 Å². The lowest BCUT2D eigenvalue weighted by atomic mass is 9.90. The second kappa shape index (κ2) is 12.6. The molecule has 0 aromatic heterocycles. The minimum absolute atomic E-state index is 0.253. The molecule has 12 heteroatoms. The lowest BCUT2D eigenvalue weighted by molar-refractivity contribution is -0.231. The average Bonchev–Trinajstić information content (AvgIpc) is 2.87. The first-order chi connectivity index (χ1) is 16.7. The minimum atomic E-state index is -3.29. The Balaban J connectivity index is 1.63. The van der Waals surface area contributed by atoms with E-state index in [-0.39, 0.29) is 13.2 Å². The summed E-state index contributed by atoms with van der Waals surface area (Å²) in [7, 11) is -0.701. The van der Waals surface area contributed by atoms with Crippen molar-refractivity contribution in [1.29, 1.82) is 0 Å². The molecule has 0 saturated carbocycles. The van der Waals surface area contributed by atoms with E-state index in [0.717, 1.165) is 11.1 Å². The Morgan fingerprint density at radius 1 is 1.03 bits per heavy atom. The lowest BCUT2D eigenvalue weighted by Gasteiger charge is -2.40. The van der Waals surface area contributed by atoms with Crippen LogP contribution in [0.4, 0.5) is 0 Å². The van der Waals surface area contributed by atoms with Gasteiger partial charge >= 0.3 is 7.75 Å². The molecule has 0 bridgehead atoms. The van der Waals surface area contributed by atoms with E-state index in [2.05, 4.69) is 5.09 Å². The van der Waals surface area contributed by atoms with Gasteiger partial charge in [0.2, 0.25) is 0 Å². The van der Waals surface area contributed by atoms with E-state index in [9.17, 15) is 25.0 Å². The molecule has 5 N–H and O–H groups in total. The van der Waals surface area contributed by atoms with Gasteiger partial charge in [-0.25, -0.2) is 9.65 Å². The van der Waals surface area contributed by atoms with Crippen molar-refractivity contribution in [2.75, 3.05) is 34.0 Å². The van der Waals surface area contributed by atoms with Gasteiger partial charge in [-0.15, -0.1) is 0 Å². The zero-order chi connectivity index (χ0) is 25.6. The second-order valence-electron chi connectivity index (χ2n) is 8.04. The number of nitrogens with one attached hydrogen (secondary N) is 1. The molecule has 35 heavy (non-hydrogen) atoms. The van der Waals surface area contributed by atoms with Crippen molar-refractivity contribution in [3.63, 3.8) is 0 Å². The monoisotopic (exact) mass is 531 g/mol. The topological polar surface area (TPSA) is 147 Å². The van der Waals surface area contributed by atoms with E-state index in [1.165, 1.54) is 14.2 Å². The highest BCUT2D eigenvalue weighted by Crippen LogP contribution is 2.40. The van der Waals surface area contributed by atoms with Crippen molar-refractivity contribution < 1.29 is 43.5 Å². The Morgan fingerprint density at radius 2 is 1.71 bits per heavy atom. The summed E-state index contributed by atoms with van der Waals surface area (Å²) in [5, 5.41) is 43.1. The number of halogens is 1. The van der Waals surface area contributed by atoms with Crippen LogP contribution in [0.5, 0.6) is 5.75 Å². The highest BCUT2D eigenvalue weighted by molar-refractivity contribution is 7.51. The summed E-state index contributed by atoms with van der Waals surface area (Å²) in [6.07, 6.45) is -5.68. The third kappa shape index (κ3) is 7.02. The first-order valence-electron chi connectivity index (χ1n) is 11.0. The Bertz CT molecular complexity index is 999. The van der Waals surface area contributed by atoms with Crippen LogP contribution in [-0.4, -0.2) is 78.8 Å². The van der Waals surface area contributed by atoms with Crippen LogP contribution in [0.1, 0.15) is 22.8 Å². The molecule has 1 aliphatic rings. The van der Waals surface area contributed by atoms with Gasteiger partial charge in [0, 0.05) is 25.8 Å². The number of rotatable bonds is 11. The molecule has 0 spiro atoms. The van der Waals surface area contributed by atoms with Crippen LogP contribution in [0.3, 0.4) is 0 Å². The second-order valence-corrected chi connectivity index (χ2v) is 10.5. The molecule has 1 fully saturated rings. The Kier molecular flexibility index (Phi) is 10.1. The van der Waals surface area contributed by atoms with E-state index < -0.39 is 44.9 Å². The van der Waals surface area contributed by atoms with Gasteiger partial charge in [-0.1, -0.05) is 35.9 Å². The van der Waals surface area contributed by atoms with E-state index in [1.54, 1.807) is 30.3 Å². The highest BCUT2D eigenvalue weighted by Gasteiger charge is 2.44. The highest BCUT2D eigenvalue weighted by atomic mass is 35.5. The van der Waals surface area contributed by atoms with Crippen LogP contribution in [0.25, 0.3) is 0 Å². The summed E-state index contributed by atoms with van der Waals surface area (Å²) in [4.78, 5) is 0. The van der Waals surface area contributed by atoms with Crippen molar-refractivity contribution in [2.45, 2.75) is 36.9 Å². The Hall–Kier alpha value is -1.56. The molecule has 0 radical (unpaired) electrons. The van der Waals surface area contributed by atoms with Gasteiger partial charge < -0.3 is 38.9 Å². The zero-order valence-corrected chi connectivity index (χ0v) is 21.1. The van der Waals surface area contributed by atoms with Gasteiger partial charge in [0.15, 0.2) is 0 Å². The third-order valence-electron chi connectivity index (χ3n) is 5.77. The number of hydrogen-bond acceptors (Lipinski definition) is 9. The minimum Gasteiger partial charge on any atom is -0.492 e. The van der Waals surface area contributed by atoms with Gasteiger partial charge in [0.1, 0.15) is 42.9 Å². The molecule has 0 aliphatic carbocycles. The first kappa shape index (κ1) is 28.0. The fraction of sp³-hybridized carbons (Fsp3) is 0.478. The molecule has 0 amide bonds. The van der Waals surface area contributed by atoms with Crippen LogP contribution in [0.15, 0.2) is 42.5 Å². The quantitative estimate of drug-likeness (QED) is 0.215. The van der Waals surface area contributed by atoms with Crippen LogP contribution in [0.2, 0.25) is 5.02 Å². The summed E-state index contributed by atoms with van der Waals surface area (Å²) in [6, 6.07) is 12.5. The summed E-state index contributed by atoms with van der Waals surface area (Å²) < 4.78 is 32.8. The normalized spacial score (nSPS) is 24.9. The summed E-state index contributed by atoms with van der Waals surface area (Å²) in [6.45, 7) is 0.0224. The van der Waals surface area contributed by atoms with Gasteiger partial charge in [0.25, 0.3) is 0 Å². The smallest absolute Gasteiger partial charge is 0.405 e. The van der Waals surface area contributed by atoms with Crippen molar-refractivity contribution in [1.82, 2.24) is 5.09 Å². The molecule has 2 aromatic rings. The van der Waals surface area contributed by atoms with Crippen LogP contribution in [-0.2, 0) is 24.8 Å². The maximum Gasteiger partial charge on any atom is 0.405 e. The first-order valence-corrected chi connectivity index (χ1v) is 12.9. The van der Waals surface area contributed by atoms with Gasteiger partial charge in [-0.2, -0.15) is 0 Å². The molecule has 3 rings (SSSR count). The van der Waals surface area contributed by atoms with Crippen molar-refractivity contribution >= 4 is 19.3 Å². The fourth-order valence-corrected chi connectivity index (χ4v) is 4.72. The Morgan fingerprint density at radius 3 is 2.34 bits per heavy atom. The average molecular weight is 532 g/mol. The number of aliphatic hydroxyl groups is 4. The molecule has 1 aliphatic heterocycles. The van der Waals surface area contributed by atoms with Gasteiger partial charge in [-0.3, -0.25) is 0 Å². The number of hydrogen-bond donors (Lipinski definition) is 5. The van der Waals surface area contributed by atoms with E-state index >= 15 is 0 Å². The maximum absolute atomic E-state index is 11.9. The summed E-state index contributed by atoms with van der Waals surface area (Å²) in [5.41, 5.74) is 2.29. The Labute approximate surface area is 209 Å². The number of ether oxygens (including phenoxy) is 2. The summed E-state index contributed by atoms with van der Waals surface area (Å²) >= 11 is 6.40. The molecule has 2 aromatic carbocycles. The van der Waals surface area contributed by atoms with E-state index in [1.807, 2.05) is 12.1 Å². The zero-order valence-electron chi connectivity index (χ0n) is 19.4. The molecule has 1 heterocycles. The fourth-order valence-electron chi connectivity index (χ4n) is 3.76. The predicted molar refractivity (Wildman–Crippen MR) is 129 cm³/mol. The lowest BCUT2D eigenvalue weighted by Crippen LogP contribution is -2.55. The van der Waals surface area contributed by atoms with Crippen molar-refractivity contribution in [3.05, 3.63) is 64.2 Å². The van der Waals surface area contributed by atoms with Crippen LogP contribution >= 0.6 is 19.3 Å². The molecule has 10 nitrogen and oxygen atoms in total. The van der Waals surface area contributed by atoms with Crippen LogP contribution in [0, 0.1) is 0 Å². The SMILES string of the molecule is COP(=O)(NCCOc1ccc(Cc2cc([C@@H]3O[C@H](CO)[C@@H](O)[C@H](O)[C@H]3O)ccc2Cl)cc1)OC. The molecule has 5 atom stereocenters. The number of benzene rings is 2. The van der Waals surface area contributed by atoms with Gasteiger partial charge in [-0.05, 0) is 41.3 Å². The molecule has 194 valence electrons. The predicted octanol–water partition coefficient (Wildman–Crippen LogP) is 1.81. The van der Waals surface area contributed by atoms with Crippen molar-refractivity contribution in [2.24, 2.45) is 0 Å². The molecule has 1 saturated heterocycles.